The average Bonchev–Trinajstić information content (AvgIpc) is 2.11. The summed E-state index contributed by atoms with van der Waals surface area (Å²) in [6, 6.07) is 0. The van der Waals surface area contributed by atoms with Crippen molar-refractivity contribution in [2.75, 3.05) is 0 Å². The molecule has 0 atom stereocenters. The second-order valence-corrected chi connectivity index (χ2v) is 3.11. The van der Waals surface area contributed by atoms with Crippen LogP contribution in [0.1, 0.15) is 20.8 Å². The monoisotopic (exact) mass is 143 g/mol. The van der Waals surface area contributed by atoms with Crippen LogP contribution in [0.2, 0.25) is 0 Å². The Kier molecular flexibility index (Phi) is 1.46. The van der Waals surface area contributed by atoms with Gasteiger partial charge < -0.3 is 0 Å². The summed E-state index contributed by atoms with van der Waals surface area (Å²) in [6.45, 7) is 5.60. The second-order valence-electron chi connectivity index (χ2n) is 3.11. The van der Waals surface area contributed by atoms with Crippen LogP contribution in [0, 0.1) is 6.08 Å². The lowest BCUT2D eigenvalue weighted by Crippen LogP contribution is -2.24. The minimum absolute atomic E-state index is 0.319. The largest absolute Gasteiger partial charge is 0.307 e. The fraction of sp³-hybridized carbons (Fsp3) is 0.667. The predicted molar refractivity (Wildman–Crippen MR) is 35.0 cm³/mol. The molecule has 0 N–H and O–H groups in total. The van der Waals surface area contributed by atoms with E-state index in [1.54, 1.807) is 0 Å². The zero-order chi connectivity index (χ0) is 7.78. The summed E-state index contributed by atoms with van der Waals surface area (Å²) >= 11 is 0. The lowest BCUT2D eigenvalue weighted by Gasteiger charge is -2.17. The Morgan fingerprint density at radius 2 is 2.10 bits per heavy atom. The van der Waals surface area contributed by atoms with E-state index in [-0.39, 0.29) is 5.54 Å². The highest BCUT2D eigenvalue weighted by Crippen LogP contribution is 2.11. The van der Waals surface area contributed by atoms with E-state index in [1.165, 1.54) is 11.0 Å². The van der Waals surface area contributed by atoms with Gasteiger partial charge in [-0.2, -0.15) is 14.5 Å². The van der Waals surface area contributed by atoms with Crippen molar-refractivity contribution in [1.29, 1.82) is 0 Å². The van der Waals surface area contributed by atoms with Crippen LogP contribution in [0.3, 0.4) is 0 Å². The van der Waals surface area contributed by atoms with Crippen LogP contribution in [0.25, 0.3) is 0 Å². The van der Waals surface area contributed by atoms with E-state index in [0.29, 0.717) is 0 Å². The summed E-state index contributed by atoms with van der Waals surface area (Å²) in [5.74, 6) is 0. The van der Waals surface area contributed by atoms with Gasteiger partial charge in [-0.3, -0.25) is 0 Å². The molecule has 1 aromatic rings. The van der Waals surface area contributed by atoms with Crippen molar-refractivity contribution >= 4 is 0 Å². The van der Waals surface area contributed by atoms with Gasteiger partial charge in [-0.1, -0.05) is 0 Å². The van der Waals surface area contributed by atoms with Crippen LogP contribution in [-0.2, 0) is 5.54 Å². The summed E-state index contributed by atoms with van der Waals surface area (Å²) in [5.41, 5.74) is -0.319. The zero-order valence-electron chi connectivity index (χ0n) is 6.30. The maximum Gasteiger partial charge on any atom is 0.307 e. The summed E-state index contributed by atoms with van der Waals surface area (Å²) in [6.07, 6.45) is 0.674. The zero-order valence-corrected chi connectivity index (χ0v) is 6.30. The van der Waals surface area contributed by atoms with Gasteiger partial charge >= 0.3 is 6.08 Å². The van der Waals surface area contributed by atoms with Gasteiger partial charge in [0.25, 0.3) is 0 Å². The van der Waals surface area contributed by atoms with Gasteiger partial charge in [0, 0.05) is 0 Å². The molecule has 1 aromatic heterocycles. The second kappa shape index (κ2) is 2.04. The Morgan fingerprint density at radius 1 is 1.50 bits per heavy atom. The Labute approximate surface area is 58.9 Å². The van der Waals surface area contributed by atoms with E-state index in [0.717, 1.165) is 0 Å². The molecule has 0 unspecified atom stereocenters. The topological polar surface area (TPSA) is 30.7 Å². The molecule has 0 saturated heterocycles. The van der Waals surface area contributed by atoms with Gasteiger partial charge in [-0.25, -0.2) is 4.68 Å². The fourth-order valence-electron chi connectivity index (χ4n) is 0.677. The predicted octanol–water partition coefficient (Wildman–Crippen LogP) is 1.17. The number of nitrogens with zero attached hydrogens (tertiary/aromatic N) is 3. The standard InChI is InChI=1S/C6H10FN3/c1-6(2,3)10-5(7)8-4-9-10/h4H,1-3H3. The molecule has 4 heteroatoms. The SMILES string of the molecule is CC(C)(C)n1ncnc1F. The molecule has 0 radical (unpaired) electrons. The molecular formula is C6H10FN3. The van der Waals surface area contributed by atoms with Gasteiger partial charge in [-0.15, -0.1) is 0 Å². The molecule has 56 valence electrons. The first kappa shape index (κ1) is 7.18. The average molecular weight is 143 g/mol. The molecule has 1 rings (SSSR count). The van der Waals surface area contributed by atoms with Gasteiger partial charge in [0.15, 0.2) is 0 Å². The number of hydrogen-bond donors (Lipinski definition) is 0. The highest BCUT2D eigenvalue weighted by Gasteiger charge is 2.17. The normalized spacial score (nSPS) is 12.0. The first-order valence-electron chi connectivity index (χ1n) is 3.08. The molecule has 0 aliphatic heterocycles. The van der Waals surface area contributed by atoms with Crippen LogP contribution in [-0.4, -0.2) is 14.8 Å². The lowest BCUT2D eigenvalue weighted by molar-refractivity contribution is 0.292. The van der Waals surface area contributed by atoms with Crippen LogP contribution < -0.4 is 0 Å². The maximum absolute atomic E-state index is 12.6. The Bertz CT molecular complexity index is 223. The third kappa shape index (κ3) is 1.15. The van der Waals surface area contributed by atoms with Crippen molar-refractivity contribution < 1.29 is 4.39 Å². The molecule has 0 bridgehead atoms. The summed E-state index contributed by atoms with van der Waals surface area (Å²) in [5, 5.41) is 3.72. The van der Waals surface area contributed by atoms with Gasteiger partial charge in [-0.05, 0) is 20.8 Å². The maximum atomic E-state index is 12.6. The quantitative estimate of drug-likeness (QED) is 0.545. The first-order chi connectivity index (χ1) is 4.52. The van der Waals surface area contributed by atoms with Crippen LogP contribution in [0.15, 0.2) is 6.33 Å². The minimum atomic E-state index is -0.535. The molecule has 0 aliphatic carbocycles. The van der Waals surface area contributed by atoms with Crippen molar-refractivity contribution in [3.63, 3.8) is 0 Å². The number of rotatable bonds is 0. The van der Waals surface area contributed by atoms with Crippen LogP contribution >= 0.6 is 0 Å². The van der Waals surface area contributed by atoms with Crippen molar-refractivity contribution in [1.82, 2.24) is 14.8 Å². The van der Waals surface area contributed by atoms with Crippen molar-refractivity contribution in [2.45, 2.75) is 26.3 Å². The van der Waals surface area contributed by atoms with Gasteiger partial charge in [0.05, 0.1) is 5.54 Å². The third-order valence-electron chi connectivity index (χ3n) is 1.14. The molecule has 0 spiro atoms. The molecule has 0 aliphatic rings. The Hall–Kier alpha value is -0.930. The van der Waals surface area contributed by atoms with Crippen molar-refractivity contribution in [2.24, 2.45) is 0 Å². The third-order valence-corrected chi connectivity index (χ3v) is 1.14. The molecular weight excluding hydrogens is 133 g/mol. The van der Waals surface area contributed by atoms with E-state index in [1.807, 2.05) is 20.8 Å². The summed E-state index contributed by atoms with van der Waals surface area (Å²) < 4.78 is 13.9. The molecule has 3 nitrogen and oxygen atoms in total. The van der Waals surface area contributed by atoms with Crippen LogP contribution in [0.5, 0.6) is 0 Å². The molecule has 0 saturated carbocycles. The highest BCUT2D eigenvalue weighted by molar-refractivity contribution is 4.74. The molecule has 0 amide bonds. The molecule has 1 heterocycles. The Morgan fingerprint density at radius 3 is 2.30 bits per heavy atom. The molecule has 0 aromatic carbocycles. The van der Waals surface area contributed by atoms with E-state index in [9.17, 15) is 4.39 Å². The summed E-state index contributed by atoms with van der Waals surface area (Å²) in [7, 11) is 0. The number of hydrogen-bond acceptors (Lipinski definition) is 2. The smallest absolute Gasteiger partial charge is 0.217 e. The lowest BCUT2D eigenvalue weighted by atomic mass is 10.1. The Balaban J connectivity index is 3.05. The minimum Gasteiger partial charge on any atom is -0.217 e. The molecule has 0 fully saturated rings. The number of halogens is 1. The number of aromatic nitrogens is 3. The van der Waals surface area contributed by atoms with Crippen LogP contribution in [0.4, 0.5) is 4.39 Å². The van der Waals surface area contributed by atoms with E-state index >= 15 is 0 Å². The van der Waals surface area contributed by atoms with E-state index in [4.69, 9.17) is 0 Å². The van der Waals surface area contributed by atoms with Gasteiger partial charge in [0.1, 0.15) is 6.33 Å². The van der Waals surface area contributed by atoms with Crippen molar-refractivity contribution in [3.8, 4) is 0 Å². The highest BCUT2D eigenvalue weighted by atomic mass is 19.1. The first-order valence-corrected chi connectivity index (χ1v) is 3.08. The summed E-state index contributed by atoms with van der Waals surface area (Å²) in [4.78, 5) is 3.37. The van der Waals surface area contributed by atoms with E-state index in [2.05, 4.69) is 10.1 Å². The molecule has 10 heavy (non-hydrogen) atoms. The fourth-order valence-corrected chi connectivity index (χ4v) is 0.677. The van der Waals surface area contributed by atoms with E-state index < -0.39 is 6.08 Å². The van der Waals surface area contributed by atoms with Gasteiger partial charge in [0.2, 0.25) is 0 Å². The van der Waals surface area contributed by atoms with Crippen molar-refractivity contribution in [3.05, 3.63) is 12.4 Å².